The highest BCUT2D eigenvalue weighted by Gasteiger charge is 2.05. The Bertz CT molecular complexity index is 739. The lowest BCUT2D eigenvalue weighted by Crippen LogP contribution is -2.08. The van der Waals surface area contributed by atoms with Crippen LogP contribution in [0, 0.1) is 0 Å². The number of aromatic nitrogens is 1. The number of benzene rings is 2. The minimum Gasteiger partial charge on any atom is -0.381 e. The highest BCUT2D eigenvalue weighted by molar-refractivity contribution is 5.84. The van der Waals surface area contributed by atoms with E-state index in [4.69, 9.17) is 0 Å². The van der Waals surface area contributed by atoms with Gasteiger partial charge in [0.1, 0.15) is 0 Å². The van der Waals surface area contributed by atoms with E-state index in [1.807, 2.05) is 0 Å². The van der Waals surface area contributed by atoms with Crippen LogP contribution in [0.4, 0.5) is 11.4 Å². The van der Waals surface area contributed by atoms with E-state index in [0.29, 0.717) is 0 Å². The molecule has 0 spiro atoms. The first-order valence-corrected chi connectivity index (χ1v) is 7.19. The van der Waals surface area contributed by atoms with Crippen LogP contribution in [0.5, 0.6) is 0 Å². The van der Waals surface area contributed by atoms with Crippen molar-refractivity contribution in [3.05, 3.63) is 60.3 Å². The van der Waals surface area contributed by atoms with Crippen LogP contribution in [0.25, 0.3) is 10.9 Å². The molecule has 0 bridgehead atoms. The van der Waals surface area contributed by atoms with E-state index in [9.17, 15) is 0 Å². The van der Waals surface area contributed by atoms with Gasteiger partial charge in [0.25, 0.3) is 0 Å². The third-order valence-corrected chi connectivity index (χ3v) is 3.85. The molecule has 3 nitrogen and oxygen atoms in total. The second-order valence-electron chi connectivity index (χ2n) is 5.58. The average molecular weight is 279 g/mol. The Hall–Kier alpha value is -2.42. The zero-order valence-corrected chi connectivity index (χ0v) is 12.8. The number of para-hydroxylation sites is 1. The van der Waals surface area contributed by atoms with Gasteiger partial charge in [0, 0.05) is 56.2 Å². The normalized spacial score (nSPS) is 10.8. The van der Waals surface area contributed by atoms with E-state index in [1.54, 1.807) is 0 Å². The maximum absolute atomic E-state index is 3.50. The van der Waals surface area contributed by atoms with Gasteiger partial charge in [-0.1, -0.05) is 18.2 Å². The molecule has 0 aliphatic carbocycles. The molecule has 1 N–H and O–H groups in total. The van der Waals surface area contributed by atoms with Crippen LogP contribution >= 0.6 is 0 Å². The van der Waals surface area contributed by atoms with Crippen LogP contribution < -0.4 is 10.2 Å². The minimum absolute atomic E-state index is 0.836. The van der Waals surface area contributed by atoms with Crippen LogP contribution in [0.2, 0.25) is 0 Å². The van der Waals surface area contributed by atoms with Gasteiger partial charge < -0.3 is 14.8 Å². The number of aryl methyl sites for hydroxylation is 1. The van der Waals surface area contributed by atoms with Crippen LogP contribution in [-0.2, 0) is 13.6 Å². The van der Waals surface area contributed by atoms with E-state index in [0.717, 1.165) is 12.2 Å². The molecule has 3 rings (SSSR count). The summed E-state index contributed by atoms with van der Waals surface area (Å²) in [7, 11) is 6.20. The lowest BCUT2D eigenvalue weighted by molar-refractivity contribution is 0.956. The molecule has 0 radical (unpaired) electrons. The lowest BCUT2D eigenvalue weighted by Gasteiger charge is -2.13. The summed E-state index contributed by atoms with van der Waals surface area (Å²) >= 11 is 0. The first-order chi connectivity index (χ1) is 10.1. The third-order valence-electron chi connectivity index (χ3n) is 3.85. The molecule has 0 atom stereocenters. The molecule has 2 aromatic carbocycles. The van der Waals surface area contributed by atoms with Crippen molar-refractivity contribution < 1.29 is 0 Å². The summed E-state index contributed by atoms with van der Waals surface area (Å²) in [6.45, 7) is 0.836. The molecule has 0 amide bonds. The van der Waals surface area contributed by atoms with Crippen molar-refractivity contribution in [2.45, 2.75) is 6.54 Å². The molecule has 108 valence electrons. The topological polar surface area (TPSA) is 20.2 Å². The molecule has 1 aromatic heterocycles. The minimum atomic E-state index is 0.836. The Morgan fingerprint density at radius 1 is 1.00 bits per heavy atom. The lowest BCUT2D eigenvalue weighted by atomic mass is 10.1. The Labute approximate surface area is 125 Å². The Morgan fingerprint density at radius 2 is 1.71 bits per heavy atom. The molecule has 3 heteroatoms. The van der Waals surface area contributed by atoms with Gasteiger partial charge in [-0.25, -0.2) is 0 Å². The molecular formula is C18H21N3. The molecule has 0 unspecified atom stereocenters. The maximum Gasteiger partial charge on any atom is 0.0481 e. The van der Waals surface area contributed by atoms with Gasteiger partial charge in [0.15, 0.2) is 0 Å². The number of anilines is 2. The molecule has 0 aliphatic heterocycles. The number of hydrogen-bond acceptors (Lipinski definition) is 2. The van der Waals surface area contributed by atoms with Gasteiger partial charge in [-0.2, -0.15) is 0 Å². The second kappa shape index (κ2) is 5.52. The van der Waals surface area contributed by atoms with Crippen LogP contribution in [0.3, 0.4) is 0 Å². The first kappa shape index (κ1) is 13.6. The van der Waals surface area contributed by atoms with E-state index < -0.39 is 0 Å². The van der Waals surface area contributed by atoms with E-state index in [2.05, 4.69) is 90.7 Å². The standard InChI is InChI=1S/C18H21N3/c1-20(2)16-10-8-15(9-11-16)19-12-14-13-21(3)18-7-5-4-6-17(14)18/h4-11,13,19H,12H2,1-3H3. The fraction of sp³-hybridized carbons (Fsp3) is 0.222. The zero-order chi connectivity index (χ0) is 14.8. The molecule has 1 heterocycles. The molecular weight excluding hydrogens is 258 g/mol. The van der Waals surface area contributed by atoms with Crippen molar-refractivity contribution in [2.24, 2.45) is 7.05 Å². The van der Waals surface area contributed by atoms with Gasteiger partial charge in [-0.3, -0.25) is 0 Å². The van der Waals surface area contributed by atoms with Crippen molar-refractivity contribution in [1.82, 2.24) is 4.57 Å². The Kier molecular flexibility index (Phi) is 3.57. The molecule has 21 heavy (non-hydrogen) atoms. The summed E-state index contributed by atoms with van der Waals surface area (Å²) in [4.78, 5) is 2.11. The largest absolute Gasteiger partial charge is 0.381 e. The monoisotopic (exact) mass is 279 g/mol. The zero-order valence-electron chi connectivity index (χ0n) is 12.8. The fourth-order valence-electron chi connectivity index (χ4n) is 2.64. The van der Waals surface area contributed by atoms with E-state index in [-0.39, 0.29) is 0 Å². The first-order valence-electron chi connectivity index (χ1n) is 7.19. The van der Waals surface area contributed by atoms with Crippen molar-refractivity contribution >= 4 is 22.3 Å². The quantitative estimate of drug-likeness (QED) is 0.782. The molecule has 0 saturated heterocycles. The highest BCUT2D eigenvalue weighted by Crippen LogP contribution is 2.22. The molecule has 3 aromatic rings. The fourth-order valence-corrected chi connectivity index (χ4v) is 2.64. The summed E-state index contributed by atoms with van der Waals surface area (Å²) in [5.74, 6) is 0. The third kappa shape index (κ3) is 2.72. The van der Waals surface area contributed by atoms with Crippen LogP contribution in [0.1, 0.15) is 5.56 Å². The summed E-state index contributed by atoms with van der Waals surface area (Å²) in [6.07, 6.45) is 2.20. The van der Waals surface area contributed by atoms with Gasteiger partial charge in [-0.15, -0.1) is 0 Å². The molecule has 0 aliphatic rings. The van der Waals surface area contributed by atoms with E-state index in [1.165, 1.54) is 22.2 Å². The predicted molar refractivity (Wildman–Crippen MR) is 91.0 cm³/mol. The van der Waals surface area contributed by atoms with Gasteiger partial charge in [0.05, 0.1) is 0 Å². The number of rotatable bonds is 4. The second-order valence-corrected chi connectivity index (χ2v) is 5.58. The van der Waals surface area contributed by atoms with Crippen LogP contribution in [-0.4, -0.2) is 18.7 Å². The van der Waals surface area contributed by atoms with Crippen molar-refractivity contribution in [1.29, 1.82) is 0 Å². The van der Waals surface area contributed by atoms with Crippen molar-refractivity contribution in [2.75, 3.05) is 24.3 Å². The Balaban J connectivity index is 1.77. The smallest absolute Gasteiger partial charge is 0.0481 e. The van der Waals surface area contributed by atoms with Gasteiger partial charge >= 0.3 is 0 Å². The predicted octanol–water partition coefficient (Wildman–Crippen LogP) is 3.86. The summed E-state index contributed by atoms with van der Waals surface area (Å²) in [5, 5.41) is 4.82. The molecule has 0 saturated carbocycles. The van der Waals surface area contributed by atoms with E-state index >= 15 is 0 Å². The average Bonchev–Trinajstić information content (AvgIpc) is 2.83. The highest BCUT2D eigenvalue weighted by atomic mass is 15.1. The van der Waals surface area contributed by atoms with Crippen molar-refractivity contribution in [3.63, 3.8) is 0 Å². The SMILES string of the molecule is CN(C)c1ccc(NCc2cn(C)c3ccccc23)cc1. The van der Waals surface area contributed by atoms with Gasteiger partial charge in [-0.05, 0) is 35.9 Å². The summed E-state index contributed by atoms with van der Waals surface area (Å²) in [6, 6.07) is 17.0. The maximum atomic E-state index is 3.50. The number of fused-ring (bicyclic) bond motifs is 1. The summed E-state index contributed by atoms with van der Waals surface area (Å²) < 4.78 is 2.18. The van der Waals surface area contributed by atoms with Gasteiger partial charge in [0.2, 0.25) is 0 Å². The molecule has 0 fully saturated rings. The Morgan fingerprint density at radius 3 is 2.43 bits per heavy atom. The summed E-state index contributed by atoms with van der Waals surface area (Å²) in [5.41, 5.74) is 4.96. The number of nitrogens with one attached hydrogen (secondary N) is 1. The number of nitrogens with zero attached hydrogens (tertiary/aromatic N) is 2. The van der Waals surface area contributed by atoms with Crippen molar-refractivity contribution in [3.8, 4) is 0 Å². The van der Waals surface area contributed by atoms with Crippen LogP contribution in [0.15, 0.2) is 54.7 Å². The number of hydrogen-bond donors (Lipinski definition) is 1.